The van der Waals surface area contributed by atoms with Gasteiger partial charge in [0.05, 0.1) is 43.6 Å². The van der Waals surface area contributed by atoms with E-state index in [0.29, 0.717) is 37.2 Å². The Morgan fingerprint density at radius 1 is 1.19 bits per heavy atom. The Bertz CT molecular complexity index is 1210. The van der Waals surface area contributed by atoms with Gasteiger partial charge in [0.1, 0.15) is 6.10 Å². The van der Waals surface area contributed by atoms with Crippen LogP contribution < -0.4 is 10.6 Å². The maximum absolute atomic E-state index is 12.0. The monoisotopic (exact) mass is 487 g/mol. The second kappa shape index (κ2) is 11.2. The summed E-state index contributed by atoms with van der Waals surface area (Å²) in [5, 5.41) is 19.8. The third-order valence-corrected chi connectivity index (χ3v) is 6.69. The van der Waals surface area contributed by atoms with Crippen molar-refractivity contribution in [2.24, 2.45) is 5.92 Å². The lowest BCUT2D eigenvalue weighted by Crippen LogP contribution is -2.22. The lowest BCUT2D eigenvalue weighted by Gasteiger charge is -2.21. The number of hydrogen-bond acceptors (Lipinski definition) is 8. The zero-order valence-corrected chi connectivity index (χ0v) is 20.0. The van der Waals surface area contributed by atoms with E-state index >= 15 is 0 Å². The minimum absolute atomic E-state index is 0.0987. The summed E-state index contributed by atoms with van der Waals surface area (Å²) in [7, 11) is 0. The van der Waals surface area contributed by atoms with Crippen LogP contribution in [0.4, 0.5) is 22.1 Å². The first kappa shape index (κ1) is 23.8. The fourth-order valence-corrected chi connectivity index (χ4v) is 4.81. The molecule has 2 unspecified atom stereocenters. The number of anilines is 3. The Morgan fingerprint density at radius 3 is 2.75 bits per heavy atom. The third-order valence-electron chi connectivity index (χ3n) is 6.69. The molecular weight excluding hydrogens is 458 g/mol. The number of ether oxygens (including phenoxy) is 2. The Labute approximate surface area is 209 Å². The predicted octanol–water partition coefficient (Wildman–Crippen LogP) is 5.07. The molecule has 1 aromatic carbocycles. The third kappa shape index (κ3) is 5.80. The van der Waals surface area contributed by atoms with Crippen LogP contribution in [-0.2, 0) is 9.47 Å². The summed E-state index contributed by atoms with van der Waals surface area (Å²) < 4.78 is 12.5. The molecule has 2 aliphatic rings. The normalized spacial score (nSPS) is 18.5. The fourth-order valence-electron chi connectivity index (χ4n) is 4.81. The quantitative estimate of drug-likeness (QED) is 0.451. The topological polar surface area (TPSA) is 127 Å². The molecule has 3 heterocycles. The van der Waals surface area contributed by atoms with Gasteiger partial charge in [-0.1, -0.05) is 12.8 Å². The second-order valence-corrected chi connectivity index (χ2v) is 9.17. The van der Waals surface area contributed by atoms with Gasteiger partial charge in [0.25, 0.3) is 0 Å². The van der Waals surface area contributed by atoms with E-state index in [1.54, 1.807) is 24.5 Å². The van der Waals surface area contributed by atoms with Gasteiger partial charge in [-0.05, 0) is 49.1 Å². The molecule has 0 radical (unpaired) electrons. The molecule has 0 spiro atoms. The first-order chi connectivity index (χ1) is 17.7. The number of hydrogen-bond donors (Lipinski definition) is 2. The van der Waals surface area contributed by atoms with Crippen LogP contribution in [0.5, 0.6) is 0 Å². The van der Waals surface area contributed by atoms with Crippen molar-refractivity contribution in [1.82, 2.24) is 19.7 Å². The lowest BCUT2D eigenvalue weighted by atomic mass is 9.96. The van der Waals surface area contributed by atoms with Gasteiger partial charge in [-0.2, -0.15) is 10.4 Å². The molecule has 1 aliphatic carbocycles. The van der Waals surface area contributed by atoms with Gasteiger partial charge in [0, 0.05) is 35.8 Å². The van der Waals surface area contributed by atoms with Gasteiger partial charge in [0.2, 0.25) is 5.95 Å². The van der Waals surface area contributed by atoms with E-state index in [0.717, 1.165) is 36.2 Å². The maximum Gasteiger partial charge on any atom is 0.411 e. The molecule has 3 aromatic rings. The molecule has 2 aromatic heterocycles. The highest BCUT2D eigenvalue weighted by Crippen LogP contribution is 2.36. The standard InChI is InChI=1S/C26H29N7O3/c27-12-9-24(18-3-1-2-4-18)33-16-19(15-29-33)23-10-13-28-25(32-23)30-20-5-7-21(8-6-20)31-26(34)36-22-11-14-35-17-22/h5-8,10,13,15-16,18,22,24H,1-4,9,11,14,17H2,(H,31,34)(H,28,30,32). The lowest BCUT2D eigenvalue weighted by molar-refractivity contribution is 0.0932. The van der Waals surface area contributed by atoms with E-state index in [1.807, 2.05) is 29.1 Å². The zero-order valence-electron chi connectivity index (χ0n) is 20.0. The summed E-state index contributed by atoms with van der Waals surface area (Å²) in [6.07, 6.45) is 10.7. The van der Waals surface area contributed by atoms with Gasteiger partial charge in [-0.25, -0.2) is 14.8 Å². The van der Waals surface area contributed by atoms with E-state index < -0.39 is 6.09 Å². The van der Waals surface area contributed by atoms with Crippen LogP contribution in [0.2, 0.25) is 0 Å². The number of rotatable bonds is 8. The number of amides is 1. The molecule has 36 heavy (non-hydrogen) atoms. The SMILES string of the molecule is N#CCC(C1CCCC1)n1cc(-c2ccnc(Nc3ccc(NC(=O)OC4CCOC4)cc3)n2)cn1. The van der Waals surface area contributed by atoms with Crippen LogP contribution in [0.1, 0.15) is 44.6 Å². The minimum atomic E-state index is -0.493. The number of benzene rings is 1. The van der Waals surface area contributed by atoms with Crippen molar-refractivity contribution in [1.29, 1.82) is 5.26 Å². The number of nitrogens with one attached hydrogen (secondary N) is 2. The summed E-state index contributed by atoms with van der Waals surface area (Å²) in [5.41, 5.74) is 3.03. The maximum atomic E-state index is 12.0. The number of carbonyl (C=O) groups excluding carboxylic acids is 1. The molecule has 1 amide bonds. The Kier molecular flexibility index (Phi) is 7.38. The summed E-state index contributed by atoms with van der Waals surface area (Å²) in [5.74, 6) is 0.946. The van der Waals surface area contributed by atoms with Gasteiger partial charge < -0.3 is 14.8 Å². The van der Waals surface area contributed by atoms with Crippen LogP contribution in [0.15, 0.2) is 48.9 Å². The molecule has 10 nitrogen and oxygen atoms in total. The van der Waals surface area contributed by atoms with Gasteiger partial charge >= 0.3 is 6.09 Å². The average molecular weight is 488 g/mol. The highest BCUT2D eigenvalue weighted by Gasteiger charge is 2.27. The van der Waals surface area contributed by atoms with Crippen molar-refractivity contribution in [3.63, 3.8) is 0 Å². The molecular formula is C26H29N7O3. The van der Waals surface area contributed by atoms with Gasteiger partial charge in [-0.3, -0.25) is 10.00 Å². The molecule has 5 rings (SSSR count). The summed E-state index contributed by atoms with van der Waals surface area (Å²) in [6.45, 7) is 1.06. The molecule has 2 fully saturated rings. The largest absolute Gasteiger partial charge is 0.443 e. The first-order valence-electron chi connectivity index (χ1n) is 12.3. The van der Waals surface area contributed by atoms with E-state index in [2.05, 4.69) is 31.8 Å². The van der Waals surface area contributed by atoms with Crippen LogP contribution in [0.3, 0.4) is 0 Å². The van der Waals surface area contributed by atoms with Crippen LogP contribution >= 0.6 is 0 Å². The molecule has 186 valence electrons. The van der Waals surface area contributed by atoms with Crippen molar-refractivity contribution in [3.8, 4) is 17.3 Å². The van der Waals surface area contributed by atoms with Crippen molar-refractivity contribution in [3.05, 3.63) is 48.9 Å². The Balaban J connectivity index is 1.22. The van der Waals surface area contributed by atoms with Crippen LogP contribution in [0, 0.1) is 17.2 Å². The molecule has 2 N–H and O–H groups in total. The van der Waals surface area contributed by atoms with E-state index in [-0.39, 0.29) is 12.1 Å². The van der Waals surface area contributed by atoms with Gasteiger partial charge in [0.15, 0.2) is 0 Å². The minimum Gasteiger partial charge on any atom is -0.443 e. The molecule has 1 saturated heterocycles. The predicted molar refractivity (Wildman–Crippen MR) is 134 cm³/mol. The average Bonchev–Trinajstić information content (AvgIpc) is 3.67. The Hall–Kier alpha value is -3.97. The highest BCUT2D eigenvalue weighted by molar-refractivity contribution is 5.85. The van der Waals surface area contributed by atoms with Crippen molar-refractivity contribution in [2.45, 2.75) is 50.7 Å². The summed E-state index contributed by atoms with van der Waals surface area (Å²) in [4.78, 5) is 21.0. The fraction of sp³-hybridized carbons (Fsp3) is 0.423. The smallest absolute Gasteiger partial charge is 0.411 e. The Morgan fingerprint density at radius 2 is 2.00 bits per heavy atom. The van der Waals surface area contributed by atoms with E-state index in [1.165, 1.54) is 12.8 Å². The van der Waals surface area contributed by atoms with Crippen molar-refractivity contribution < 1.29 is 14.3 Å². The number of aromatic nitrogens is 4. The van der Waals surface area contributed by atoms with Crippen LogP contribution in [-0.4, -0.2) is 45.2 Å². The molecule has 2 atom stereocenters. The number of carbonyl (C=O) groups is 1. The van der Waals surface area contributed by atoms with Crippen LogP contribution in [0.25, 0.3) is 11.3 Å². The second-order valence-electron chi connectivity index (χ2n) is 9.17. The summed E-state index contributed by atoms with van der Waals surface area (Å²) in [6, 6.07) is 11.5. The highest BCUT2D eigenvalue weighted by atomic mass is 16.6. The summed E-state index contributed by atoms with van der Waals surface area (Å²) >= 11 is 0. The van der Waals surface area contributed by atoms with E-state index in [9.17, 15) is 10.1 Å². The number of nitrogens with zero attached hydrogens (tertiary/aromatic N) is 5. The number of nitriles is 1. The molecule has 10 heteroatoms. The molecule has 0 bridgehead atoms. The van der Waals surface area contributed by atoms with E-state index in [4.69, 9.17) is 9.47 Å². The van der Waals surface area contributed by atoms with Crippen molar-refractivity contribution in [2.75, 3.05) is 23.8 Å². The van der Waals surface area contributed by atoms with Crippen molar-refractivity contribution >= 4 is 23.4 Å². The first-order valence-corrected chi connectivity index (χ1v) is 12.3. The molecule has 1 saturated carbocycles. The van der Waals surface area contributed by atoms with Gasteiger partial charge in [-0.15, -0.1) is 0 Å². The zero-order chi connectivity index (χ0) is 24.7. The molecule has 1 aliphatic heterocycles.